The molecule has 2 rings (SSSR count). The number of hydrogen-bond acceptors (Lipinski definition) is 3. The first-order chi connectivity index (χ1) is 11.1. The molecule has 0 amide bonds. The lowest BCUT2D eigenvalue weighted by Gasteiger charge is -2.32. The molecular formula is C19H32ClNO2. The van der Waals surface area contributed by atoms with E-state index in [1.54, 1.807) is 6.92 Å². The topological polar surface area (TPSA) is 40.5 Å². The maximum atomic E-state index is 11.9. The van der Waals surface area contributed by atoms with Crippen LogP contribution in [0.5, 0.6) is 0 Å². The van der Waals surface area contributed by atoms with E-state index in [1.165, 1.54) is 0 Å². The highest BCUT2D eigenvalue weighted by Crippen LogP contribution is 2.22. The molecule has 1 saturated heterocycles. The molecule has 1 aliphatic heterocycles. The third-order valence-electron chi connectivity index (χ3n) is 3.76. The Morgan fingerprint density at radius 1 is 1.17 bits per heavy atom. The molecule has 0 aromatic heterocycles. The monoisotopic (exact) mass is 341 g/mol. The van der Waals surface area contributed by atoms with Gasteiger partial charge in [-0.3, -0.25) is 4.79 Å². The van der Waals surface area contributed by atoms with Gasteiger partial charge in [0.1, 0.15) is 5.78 Å². The second-order valence-electron chi connectivity index (χ2n) is 5.25. The zero-order valence-corrected chi connectivity index (χ0v) is 15.9. The molecule has 3 nitrogen and oxygen atoms in total. The van der Waals surface area contributed by atoms with Crippen LogP contribution < -0.4 is 0 Å². The molecule has 132 valence electrons. The zero-order chi connectivity index (χ0) is 17.8. The van der Waals surface area contributed by atoms with Crippen molar-refractivity contribution < 1.29 is 9.90 Å². The molecule has 0 bridgehead atoms. The summed E-state index contributed by atoms with van der Waals surface area (Å²) in [6.45, 7) is 12.1. The second-order valence-corrected chi connectivity index (χ2v) is 5.68. The Morgan fingerprint density at radius 3 is 2.09 bits per heavy atom. The molecule has 23 heavy (non-hydrogen) atoms. The number of ketones is 1. The van der Waals surface area contributed by atoms with Crippen LogP contribution in [0.2, 0.25) is 5.02 Å². The number of aliphatic hydroxyl groups is 1. The van der Waals surface area contributed by atoms with Crippen molar-refractivity contribution in [2.75, 3.05) is 19.6 Å². The van der Waals surface area contributed by atoms with Gasteiger partial charge in [0.05, 0.1) is 12.0 Å². The minimum atomic E-state index is -0.178. The molecule has 1 unspecified atom stereocenters. The summed E-state index contributed by atoms with van der Waals surface area (Å²) in [7, 11) is 0. The van der Waals surface area contributed by atoms with Gasteiger partial charge < -0.3 is 10.0 Å². The number of nitrogens with zero attached hydrogens (tertiary/aromatic N) is 1. The summed E-state index contributed by atoms with van der Waals surface area (Å²) in [6.07, 6.45) is 1.42. The standard InChI is InChI=1S/C15H20ClNO2.2C2H6/c1-11(18)15(12-2-4-13(16)5-3-12)10-17-8-6-14(19)7-9-17;2*1-2/h2-5,14-15,19H,6-10H2,1H3;2*1-2H3. The molecule has 1 aromatic carbocycles. The minimum Gasteiger partial charge on any atom is -0.393 e. The van der Waals surface area contributed by atoms with Crippen molar-refractivity contribution in [1.29, 1.82) is 0 Å². The van der Waals surface area contributed by atoms with E-state index in [0.29, 0.717) is 5.02 Å². The van der Waals surface area contributed by atoms with Gasteiger partial charge in [0.15, 0.2) is 0 Å². The van der Waals surface area contributed by atoms with Crippen molar-refractivity contribution >= 4 is 17.4 Å². The van der Waals surface area contributed by atoms with Crippen LogP contribution in [0.1, 0.15) is 58.9 Å². The molecule has 0 spiro atoms. The fourth-order valence-electron chi connectivity index (χ4n) is 2.52. The molecule has 1 aliphatic rings. The number of carbonyl (C=O) groups excluding carboxylic acids is 1. The fourth-order valence-corrected chi connectivity index (χ4v) is 2.65. The van der Waals surface area contributed by atoms with Gasteiger partial charge in [-0.2, -0.15) is 0 Å². The third-order valence-corrected chi connectivity index (χ3v) is 4.01. The largest absolute Gasteiger partial charge is 0.393 e. The molecule has 1 fully saturated rings. The number of piperidine rings is 1. The van der Waals surface area contributed by atoms with Gasteiger partial charge >= 0.3 is 0 Å². The first kappa shape index (κ1) is 22.1. The van der Waals surface area contributed by atoms with E-state index >= 15 is 0 Å². The van der Waals surface area contributed by atoms with E-state index in [2.05, 4.69) is 4.90 Å². The van der Waals surface area contributed by atoms with Gasteiger partial charge in [0.25, 0.3) is 0 Å². The highest BCUT2D eigenvalue weighted by atomic mass is 35.5. The summed E-state index contributed by atoms with van der Waals surface area (Å²) in [5.74, 6) is 0.0703. The summed E-state index contributed by atoms with van der Waals surface area (Å²) in [5, 5.41) is 10.2. The number of hydrogen-bond donors (Lipinski definition) is 1. The van der Waals surface area contributed by atoms with Gasteiger partial charge in [0, 0.05) is 24.7 Å². The molecule has 0 aliphatic carbocycles. The number of Topliss-reactive ketones (excluding diaryl/α,β-unsaturated/α-hetero) is 1. The van der Waals surface area contributed by atoms with Crippen molar-refractivity contribution in [3.05, 3.63) is 34.9 Å². The van der Waals surface area contributed by atoms with Crippen LogP contribution in [0.3, 0.4) is 0 Å². The Labute approximate surface area is 146 Å². The van der Waals surface area contributed by atoms with Crippen molar-refractivity contribution in [3.63, 3.8) is 0 Å². The minimum absolute atomic E-state index is 0.104. The Balaban J connectivity index is 0.00000112. The normalized spacial score (nSPS) is 16.5. The average Bonchev–Trinajstić information content (AvgIpc) is 2.59. The third kappa shape index (κ3) is 7.96. The van der Waals surface area contributed by atoms with Crippen LogP contribution >= 0.6 is 11.6 Å². The number of carbonyl (C=O) groups is 1. The first-order valence-corrected chi connectivity index (χ1v) is 9.10. The maximum absolute atomic E-state index is 11.9. The van der Waals surface area contributed by atoms with Gasteiger partial charge in [-0.1, -0.05) is 51.4 Å². The summed E-state index contributed by atoms with van der Waals surface area (Å²) in [4.78, 5) is 14.1. The van der Waals surface area contributed by atoms with Crippen LogP contribution in [-0.2, 0) is 4.79 Å². The van der Waals surface area contributed by atoms with Gasteiger partial charge in [-0.25, -0.2) is 0 Å². The molecule has 1 atom stereocenters. The van der Waals surface area contributed by atoms with Crippen LogP contribution in [0.25, 0.3) is 0 Å². The quantitative estimate of drug-likeness (QED) is 0.875. The summed E-state index contributed by atoms with van der Waals surface area (Å²) in [5.41, 5.74) is 1.02. The summed E-state index contributed by atoms with van der Waals surface area (Å²) >= 11 is 5.88. The highest BCUT2D eigenvalue weighted by Gasteiger charge is 2.23. The van der Waals surface area contributed by atoms with E-state index in [-0.39, 0.29) is 17.8 Å². The number of likely N-dealkylation sites (tertiary alicyclic amines) is 1. The lowest BCUT2D eigenvalue weighted by Crippen LogP contribution is -2.39. The SMILES string of the molecule is CC.CC.CC(=O)C(CN1CCC(O)CC1)c1ccc(Cl)cc1. The van der Waals surface area contributed by atoms with Crippen LogP contribution in [0.15, 0.2) is 24.3 Å². The lowest BCUT2D eigenvalue weighted by molar-refractivity contribution is -0.119. The number of aliphatic hydroxyl groups excluding tert-OH is 1. The van der Waals surface area contributed by atoms with Crippen molar-refractivity contribution in [2.45, 2.75) is 59.5 Å². The van der Waals surface area contributed by atoms with E-state index in [9.17, 15) is 9.90 Å². The molecule has 0 radical (unpaired) electrons. The van der Waals surface area contributed by atoms with E-state index in [0.717, 1.165) is 38.0 Å². The van der Waals surface area contributed by atoms with Crippen LogP contribution in [0, 0.1) is 0 Å². The number of rotatable bonds is 4. The number of benzene rings is 1. The molecule has 1 N–H and O–H groups in total. The second kappa shape index (κ2) is 12.5. The predicted octanol–water partition coefficient (Wildman–Crippen LogP) is 4.52. The van der Waals surface area contributed by atoms with Gasteiger partial charge in [-0.05, 0) is 37.5 Å². The predicted molar refractivity (Wildman–Crippen MR) is 99.3 cm³/mol. The van der Waals surface area contributed by atoms with Crippen molar-refractivity contribution in [3.8, 4) is 0 Å². The first-order valence-electron chi connectivity index (χ1n) is 8.72. The zero-order valence-electron chi connectivity index (χ0n) is 15.2. The van der Waals surface area contributed by atoms with Crippen LogP contribution in [-0.4, -0.2) is 41.5 Å². The Hall–Kier alpha value is -0.900. The van der Waals surface area contributed by atoms with E-state index in [4.69, 9.17) is 11.6 Å². The van der Waals surface area contributed by atoms with Gasteiger partial charge in [0.2, 0.25) is 0 Å². The van der Waals surface area contributed by atoms with Crippen molar-refractivity contribution in [2.24, 2.45) is 0 Å². The smallest absolute Gasteiger partial charge is 0.138 e. The number of halogens is 1. The Bertz CT molecular complexity index is 426. The van der Waals surface area contributed by atoms with E-state index in [1.807, 2.05) is 52.0 Å². The highest BCUT2D eigenvalue weighted by molar-refractivity contribution is 6.30. The molecule has 1 aromatic rings. The molecule has 4 heteroatoms. The maximum Gasteiger partial charge on any atom is 0.138 e. The Kier molecular flexibility index (Phi) is 12.0. The molecular weight excluding hydrogens is 310 g/mol. The molecule has 1 heterocycles. The Morgan fingerprint density at radius 2 is 1.65 bits per heavy atom. The summed E-state index contributed by atoms with van der Waals surface area (Å²) < 4.78 is 0. The lowest BCUT2D eigenvalue weighted by atomic mass is 9.94. The van der Waals surface area contributed by atoms with Gasteiger partial charge in [-0.15, -0.1) is 0 Å². The average molecular weight is 342 g/mol. The van der Waals surface area contributed by atoms with Crippen LogP contribution in [0.4, 0.5) is 0 Å². The summed E-state index contributed by atoms with van der Waals surface area (Å²) in [6, 6.07) is 7.50. The van der Waals surface area contributed by atoms with Crippen molar-refractivity contribution in [1.82, 2.24) is 4.90 Å². The van der Waals surface area contributed by atoms with E-state index < -0.39 is 0 Å². The fraction of sp³-hybridized carbons (Fsp3) is 0.632. The molecule has 0 saturated carbocycles.